The van der Waals surface area contributed by atoms with Crippen LogP contribution >= 0.6 is 0 Å². The number of amides is 1. The molecule has 0 fully saturated rings. The molecule has 0 saturated heterocycles. The molecule has 0 atom stereocenters. The lowest BCUT2D eigenvalue weighted by Gasteiger charge is -2.20. The van der Waals surface area contributed by atoms with Crippen LogP contribution in [0.2, 0.25) is 0 Å². The van der Waals surface area contributed by atoms with E-state index in [2.05, 4.69) is 0 Å². The number of benzene rings is 1. The number of hydrogen-bond donors (Lipinski definition) is 1. The molecule has 1 aromatic carbocycles. The van der Waals surface area contributed by atoms with Gasteiger partial charge in [-0.15, -0.1) is 0 Å². The third-order valence-electron chi connectivity index (χ3n) is 2.78. The highest BCUT2D eigenvalue weighted by Crippen LogP contribution is 2.16. The van der Waals surface area contributed by atoms with E-state index in [9.17, 15) is 18.0 Å². The van der Waals surface area contributed by atoms with Gasteiger partial charge in [0.05, 0.1) is 18.0 Å². The Hall–Kier alpha value is -1.77. The first-order valence-electron chi connectivity index (χ1n) is 6.17. The van der Waals surface area contributed by atoms with Gasteiger partial charge in [0.15, 0.2) is 5.78 Å². The number of carbonyl (C=O) groups excluding carboxylic acids is 2. The predicted octanol–water partition coefficient (Wildman–Crippen LogP) is 0.0116. The van der Waals surface area contributed by atoms with Crippen molar-refractivity contribution in [3.8, 4) is 0 Å². The highest BCUT2D eigenvalue weighted by molar-refractivity contribution is 7.89. The molecule has 1 rings (SSSR count). The molecule has 21 heavy (non-hydrogen) atoms. The van der Waals surface area contributed by atoms with E-state index in [1.54, 1.807) is 0 Å². The monoisotopic (exact) mass is 314 g/mol. The zero-order valence-electron chi connectivity index (χ0n) is 11.9. The molecule has 0 aliphatic heterocycles. The van der Waals surface area contributed by atoms with Gasteiger partial charge in [-0.25, -0.2) is 8.42 Å². The smallest absolute Gasteiger partial charge is 0.243 e. The van der Waals surface area contributed by atoms with Crippen molar-refractivity contribution >= 4 is 21.7 Å². The molecule has 116 valence electrons. The molecular weight excluding hydrogens is 296 g/mol. The van der Waals surface area contributed by atoms with Crippen LogP contribution in [-0.2, 0) is 19.6 Å². The van der Waals surface area contributed by atoms with Crippen molar-refractivity contribution in [3.63, 3.8) is 0 Å². The van der Waals surface area contributed by atoms with Gasteiger partial charge in [-0.1, -0.05) is 12.1 Å². The number of ketones is 1. The molecule has 0 aromatic heterocycles. The Morgan fingerprint density at radius 1 is 1.24 bits per heavy atom. The van der Waals surface area contributed by atoms with Crippen molar-refractivity contribution in [2.75, 3.05) is 26.8 Å². The number of Topliss-reactive ketones (excluding diaryl/α,β-unsaturated/α-hetero) is 1. The lowest BCUT2D eigenvalue weighted by atomic mass is 10.2. The third-order valence-corrected chi connectivity index (χ3v) is 4.64. The van der Waals surface area contributed by atoms with Gasteiger partial charge in [0.1, 0.15) is 0 Å². The van der Waals surface area contributed by atoms with Crippen LogP contribution in [0.1, 0.15) is 17.3 Å². The second kappa shape index (κ2) is 7.30. The first-order valence-corrected chi connectivity index (χ1v) is 7.61. The fraction of sp³-hybridized carbons (Fsp3) is 0.385. The Morgan fingerprint density at radius 2 is 1.81 bits per heavy atom. The van der Waals surface area contributed by atoms with Gasteiger partial charge in [0.2, 0.25) is 15.9 Å². The molecule has 7 nitrogen and oxygen atoms in total. The minimum atomic E-state index is -3.87. The molecular formula is C13H18N2O5S. The van der Waals surface area contributed by atoms with Gasteiger partial charge >= 0.3 is 0 Å². The Morgan fingerprint density at radius 3 is 2.24 bits per heavy atom. The molecule has 0 heterocycles. The highest BCUT2D eigenvalue weighted by atomic mass is 32.2. The van der Waals surface area contributed by atoms with E-state index < -0.39 is 22.5 Å². The van der Waals surface area contributed by atoms with Crippen LogP contribution < -0.4 is 5.73 Å². The van der Waals surface area contributed by atoms with E-state index in [1.807, 2.05) is 0 Å². The molecule has 2 N–H and O–H groups in total. The van der Waals surface area contributed by atoms with Gasteiger partial charge in [-0.3, -0.25) is 9.59 Å². The first-order chi connectivity index (χ1) is 9.78. The van der Waals surface area contributed by atoms with Crippen LogP contribution in [-0.4, -0.2) is 51.2 Å². The summed E-state index contributed by atoms with van der Waals surface area (Å²) in [5.74, 6) is -0.914. The largest absolute Gasteiger partial charge is 0.383 e. The number of primary amides is 1. The second-order valence-corrected chi connectivity index (χ2v) is 6.32. The number of ether oxygens (including phenoxy) is 1. The maximum Gasteiger partial charge on any atom is 0.243 e. The lowest BCUT2D eigenvalue weighted by molar-refractivity contribution is -0.118. The van der Waals surface area contributed by atoms with Crippen LogP contribution in [0.4, 0.5) is 0 Å². The fourth-order valence-electron chi connectivity index (χ4n) is 1.66. The standard InChI is InChI=1S/C13H18N2O5S/c1-10(16)11-3-5-12(6-4-11)21(18,19)15(7-8-20-2)9-13(14)17/h3-6H,7-9H2,1-2H3,(H2,14,17). The van der Waals surface area contributed by atoms with Gasteiger partial charge in [-0.05, 0) is 19.1 Å². The zero-order chi connectivity index (χ0) is 16.0. The third kappa shape index (κ3) is 4.62. The predicted molar refractivity (Wildman–Crippen MR) is 76.3 cm³/mol. The fourth-order valence-corrected chi connectivity index (χ4v) is 3.05. The van der Waals surface area contributed by atoms with Crippen molar-refractivity contribution in [1.82, 2.24) is 4.31 Å². The van der Waals surface area contributed by atoms with Crippen molar-refractivity contribution < 1.29 is 22.7 Å². The zero-order valence-corrected chi connectivity index (χ0v) is 12.7. The average Bonchev–Trinajstić information content (AvgIpc) is 2.43. The van der Waals surface area contributed by atoms with Gasteiger partial charge in [0, 0.05) is 19.2 Å². The van der Waals surface area contributed by atoms with Gasteiger partial charge in [-0.2, -0.15) is 4.31 Å². The molecule has 0 aliphatic carbocycles. The van der Waals surface area contributed by atoms with Crippen molar-refractivity contribution in [2.24, 2.45) is 5.73 Å². The summed E-state index contributed by atoms with van der Waals surface area (Å²) in [4.78, 5) is 22.2. The summed E-state index contributed by atoms with van der Waals surface area (Å²) in [7, 11) is -2.44. The number of methoxy groups -OCH3 is 1. The minimum absolute atomic E-state index is 0.00940. The lowest BCUT2D eigenvalue weighted by Crippen LogP contribution is -2.40. The SMILES string of the molecule is COCCN(CC(N)=O)S(=O)(=O)c1ccc(C(C)=O)cc1. The summed E-state index contributed by atoms with van der Waals surface area (Å²) in [6, 6.07) is 5.50. The molecule has 0 unspecified atom stereocenters. The normalized spacial score (nSPS) is 11.6. The molecule has 0 saturated carbocycles. The Bertz CT molecular complexity index is 610. The number of hydrogen-bond acceptors (Lipinski definition) is 5. The minimum Gasteiger partial charge on any atom is -0.383 e. The van der Waals surface area contributed by atoms with Crippen molar-refractivity contribution in [1.29, 1.82) is 0 Å². The molecule has 1 amide bonds. The van der Waals surface area contributed by atoms with E-state index >= 15 is 0 Å². The topological polar surface area (TPSA) is 107 Å². The first kappa shape index (κ1) is 17.3. The number of nitrogens with two attached hydrogens (primary N) is 1. The summed E-state index contributed by atoms with van der Waals surface area (Å²) in [5, 5.41) is 0. The number of nitrogens with zero attached hydrogens (tertiary/aromatic N) is 1. The molecule has 0 bridgehead atoms. The quantitative estimate of drug-likeness (QED) is 0.680. The summed E-state index contributed by atoms with van der Waals surface area (Å²) in [6.45, 7) is 1.11. The molecule has 0 spiro atoms. The summed E-state index contributed by atoms with van der Waals surface area (Å²) >= 11 is 0. The van der Waals surface area contributed by atoms with Crippen LogP contribution in [0.15, 0.2) is 29.2 Å². The summed E-state index contributed by atoms with van der Waals surface area (Å²) in [5.41, 5.74) is 5.48. The van der Waals surface area contributed by atoms with E-state index in [1.165, 1.54) is 38.3 Å². The number of rotatable bonds is 8. The maximum atomic E-state index is 12.4. The van der Waals surface area contributed by atoms with Crippen molar-refractivity contribution in [2.45, 2.75) is 11.8 Å². The van der Waals surface area contributed by atoms with Crippen LogP contribution in [0.5, 0.6) is 0 Å². The molecule has 1 aromatic rings. The Balaban J connectivity index is 3.08. The molecule has 0 radical (unpaired) electrons. The average molecular weight is 314 g/mol. The summed E-state index contributed by atoms with van der Waals surface area (Å²) in [6.07, 6.45) is 0. The summed E-state index contributed by atoms with van der Waals surface area (Å²) < 4.78 is 30.6. The van der Waals surface area contributed by atoms with Crippen molar-refractivity contribution in [3.05, 3.63) is 29.8 Å². The highest BCUT2D eigenvalue weighted by Gasteiger charge is 2.25. The van der Waals surface area contributed by atoms with E-state index in [-0.39, 0.29) is 23.8 Å². The van der Waals surface area contributed by atoms with E-state index in [4.69, 9.17) is 10.5 Å². The second-order valence-electron chi connectivity index (χ2n) is 4.38. The van der Waals surface area contributed by atoms with Gasteiger partial charge < -0.3 is 10.5 Å². The van der Waals surface area contributed by atoms with E-state index in [0.717, 1.165) is 4.31 Å². The van der Waals surface area contributed by atoms with Crippen LogP contribution in [0.25, 0.3) is 0 Å². The number of sulfonamides is 1. The maximum absolute atomic E-state index is 12.4. The Kier molecular flexibility index (Phi) is 6.01. The van der Waals surface area contributed by atoms with Crippen LogP contribution in [0.3, 0.4) is 0 Å². The van der Waals surface area contributed by atoms with E-state index in [0.29, 0.717) is 5.56 Å². The number of carbonyl (C=O) groups is 2. The van der Waals surface area contributed by atoms with Crippen LogP contribution in [0, 0.1) is 0 Å². The van der Waals surface area contributed by atoms with Gasteiger partial charge in [0.25, 0.3) is 0 Å². The Labute approximate surface area is 123 Å². The molecule has 0 aliphatic rings. The molecule has 8 heteroatoms.